The van der Waals surface area contributed by atoms with Crippen LogP contribution in [0, 0.1) is 5.92 Å². The Morgan fingerprint density at radius 1 is 1.43 bits per heavy atom. The second-order valence-corrected chi connectivity index (χ2v) is 2.75. The van der Waals surface area contributed by atoms with Gasteiger partial charge in [0.2, 0.25) is 0 Å². The number of rotatable bonds is 4. The Morgan fingerprint density at radius 3 is 2.43 bits per heavy atom. The van der Waals surface area contributed by atoms with Crippen LogP contribution >= 0.6 is 0 Å². The summed E-state index contributed by atoms with van der Waals surface area (Å²) in [5, 5.41) is 8.66. The highest BCUT2D eigenvalue weighted by atomic mass is 16.7. The van der Waals surface area contributed by atoms with E-state index in [-0.39, 0.29) is 6.42 Å². The first-order chi connectivity index (χ1) is 6.65. The van der Waals surface area contributed by atoms with Crippen LogP contribution in [0.2, 0.25) is 0 Å². The van der Waals surface area contributed by atoms with Crippen LogP contribution in [0.5, 0.6) is 0 Å². The molecule has 76 valence electrons. The van der Waals surface area contributed by atoms with Gasteiger partial charge >= 0.3 is 11.9 Å². The molecule has 1 heterocycles. The zero-order valence-corrected chi connectivity index (χ0v) is 7.71. The Kier molecular flexibility index (Phi) is 3.28. The zero-order valence-electron chi connectivity index (χ0n) is 7.71. The van der Waals surface area contributed by atoms with Gasteiger partial charge in [-0.25, -0.2) is 4.79 Å². The van der Waals surface area contributed by atoms with Gasteiger partial charge in [-0.1, -0.05) is 6.92 Å². The predicted molar refractivity (Wildman–Crippen MR) is 47.4 cm³/mol. The van der Waals surface area contributed by atoms with Crippen molar-refractivity contribution in [1.82, 2.24) is 4.73 Å². The smallest absolute Gasteiger partial charge is 0.347 e. The van der Waals surface area contributed by atoms with E-state index in [0.29, 0.717) is 0 Å². The van der Waals surface area contributed by atoms with Crippen molar-refractivity contribution in [3.8, 4) is 0 Å². The normalized spacial score (nSPS) is 12.1. The molecule has 1 atom stereocenters. The summed E-state index contributed by atoms with van der Waals surface area (Å²) < 4.78 is 1.17. The molecule has 0 spiro atoms. The van der Waals surface area contributed by atoms with Crippen LogP contribution < -0.4 is 4.84 Å². The summed E-state index contributed by atoms with van der Waals surface area (Å²) >= 11 is 0. The first-order valence-corrected chi connectivity index (χ1v) is 4.23. The molecule has 0 aliphatic carbocycles. The van der Waals surface area contributed by atoms with Crippen LogP contribution in [0.25, 0.3) is 0 Å². The van der Waals surface area contributed by atoms with Crippen molar-refractivity contribution < 1.29 is 19.5 Å². The van der Waals surface area contributed by atoms with E-state index in [1.165, 1.54) is 17.1 Å². The molecular formula is C9H11NO4. The number of hydrogen-bond acceptors (Lipinski definition) is 3. The Hall–Kier alpha value is -1.78. The van der Waals surface area contributed by atoms with E-state index in [2.05, 4.69) is 0 Å². The topological polar surface area (TPSA) is 68.5 Å². The maximum atomic E-state index is 11.3. The van der Waals surface area contributed by atoms with Gasteiger partial charge in [0.15, 0.2) is 5.92 Å². The standard InChI is InChI=1S/C9H11NO4/c1-2-7(8(11)12)9(13)14-10-5-3-4-6-10/h3-7H,2H2,1H3,(H,11,12). The molecule has 1 aromatic heterocycles. The van der Waals surface area contributed by atoms with Gasteiger partial charge in [0.25, 0.3) is 0 Å². The van der Waals surface area contributed by atoms with Gasteiger partial charge in [-0.05, 0) is 18.6 Å². The molecular weight excluding hydrogens is 186 g/mol. The van der Waals surface area contributed by atoms with Crippen molar-refractivity contribution in [3.05, 3.63) is 24.5 Å². The average Bonchev–Trinajstić information content (AvgIpc) is 2.57. The molecule has 1 N–H and O–H groups in total. The van der Waals surface area contributed by atoms with Crippen LogP contribution in [0.4, 0.5) is 0 Å². The van der Waals surface area contributed by atoms with Crippen molar-refractivity contribution in [2.45, 2.75) is 13.3 Å². The largest absolute Gasteiger partial charge is 0.481 e. The monoisotopic (exact) mass is 197 g/mol. The van der Waals surface area contributed by atoms with Gasteiger partial charge in [0.1, 0.15) is 0 Å². The summed E-state index contributed by atoms with van der Waals surface area (Å²) in [6, 6.07) is 3.35. The SMILES string of the molecule is CCC(C(=O)O)C(=O)On1cccc1. The van der Waals surface area contributed by atoms with Gasteiger partial charge in [-0.3, -0.25) is 4.79 Å². The lowest BCUT2D eigenvalue weighted by atomic mass is 10.1. The summed E-state index contributed by atoms with van der Waals surface area (Å²) in [7, 11) is 0. The number of carbonyl (C=O) groups excluding carboxylic acids is 1. The van der Waals surface area contributed by atoms with Gasteiger partial charge in [-0.2, -0.15) is 4.73 Å². The molecule has 0 amide bonds. The maximum Gasteiger partial charge on any atom is 0.347 e. The molecule has 1 rings (SSSR count). The van der Waals surface area contributed by atoms with E-state index in [0.717, 1.165) is 0 Å². The van der Waals surface area contributed by atoms with Crippen molar-refractivity contribution >= 4 is 11.9 Å². The molecule has 0 aromatic carbocycles. The zero-order chi connectivity index (χ0) is 10.6. The minimum absolute atomic E-state index is 0.218. The Morgan fingerprint density at radius 2 is 2.00 bits per heavy atom. The summed E-state index contributed by atoms with van der Waals surface area (Å²) in [5.74, 6) is -3.02. The molecule has 14 heavy (non-hydrogen) atoms. The number of carboxylic acid groups (broad SMARTS) is 1. The molecule has 0 bridgehead atoms. The fraction of sp³-hybridized carbons (Fsp3) is 0.333. The molecule has 1 unspecified atom stereocenters. The number of nitrogens with zero attached hydrogens (tertiary/aromatic N) is 1. The maximum absolute atomic E-state index is 11.3. The van der Waals surface area contributed by atoms with Crippen LogP contribution in [0.15, 0.2) is 24.5 Å². The van der Waals surface area contributed by atoms with Gasteiger partial charge in [0.05, 0.1) is 0 Å². The molecule has 0 aliphatic rings. The predicted octanol–water partition coefficient (Wildman–Crippen LogP) is 0.554. The number of aliphatic carboxylic acids is 1. The van der Waals surface area contributed by atoms with Gasteiger partial charge in [0, 0.05) is 12.4 Å². The molecule has 0 saturated heterocycles. The number of carbonyl (C=O) groups is 2. The van der Waals surface area contributed by atoms with Crippen LogP contribution in [-0.4, -0.2) is 21.8 Å². The minimum Gasteiger partial charge on any atom is -0.481 e. The van der Waals surface area contributed by atoms with E-state index >= 15 is 0 Å². The van der Waals surface area contributed by atoms with Crippen molar-refractivity contribution in [2.75, 3.05) is 0 Å². The first kappa shape index (κ1) is 10.3. The number of aromatic nitrogens is 1. The van der Waals surface area contributed by atoms with Gasteiger partial charge < -0.3 is 9.94 Å². The highest BCUT2D eigenvalue weighted by Gasteiger charge is 2.26. The molecule has 5 heteroatoms. The summed E-state index contributed by atoms with van der Waals surface area (Å²) in [5.41, 5.74) is 0. The second kappa shape index (κ2) is 4.45. The second-order valence-electron chi connectivity index (χ2n) is 2.75. The third-order valence-corrected chi connectivity index (χ3v) is 1.76. The molecule has 1 aromatic rings. The lowest BCUT2D eigenvalue weighted by Crippen LogP contribution is -2.31. The van der Waals surface area contributed by atoms with Crippen LogP contribution in [0.3, 0.4) is 0 Å². The number of carboxylic acids is 1. The van der Waals surface area contributed by atoms with Crippen LogP contribution in [0.1, 0.15) is 13.3 Å². The Labute approximate surface area is 80.9 Å². The third-order valence-electron chi connectivity index (χ3n) is 1.76. The van der Waals surface area contributed by atoms with E-state index in [9.17, 15) is 9.59 Å². The van der Waals surface area contributed by atoms with Crippen LogP contribution in [-0.2, 0) is 9.59 Å². The molecule has 0 saturated carbocycles. The molecule has 0 aliphatic heterocycles. The lowest BCUT2D eigenvalue weighted by molar-refractivity contribution is -0.159. The summed E-state index contributed by atoms with van der Waals surface area (Å²) in [6.45, 7) is 1.62. The summed E-state index contributed by atoms with van der Waals surface area (Å²) in [6.07, 6.45) is 3.26. The van der Waals surface area contributed by atoms with E-state index in [1.807, 2.05) is 0 Å². The van der Waals surface area contributed by atoms with E-state index in [1.54, 1.807) is 19.1 Å². The fourth-order valence-electron chi connectivity index (χ4n) is 0.989. The lowest BCUT2D eigenvalue weighted by Gasteiger charge is -2.08. The molecule has 0 fully saturated rings. The fourth-order valence-corrected chi connectivity index (χ4v) is 0.989. The summed E-state index contributed by atoms with van der Waals surface area (Å²) in [4.78, 5) is 26.6. The third kappa shape index (κ3) is 2.35. The molecule has 0 radical (unpaired) electrons. The number of hydrogen-bond donors (Lipinski definition) is 1. The van der Waals surface area contributed by atoms with E-state index < -0.39 is 17.9 Å². The Balaban J connectivity index is 2.61. The average molecular weight is 197 g/mol. The quantitative estimate of drug-likeness (QED) is 0.716. The van der Waals surface area contributed by atoms with Crippen molar-refractivity contribution in [1.29, 1.82) is 0 Å². The molecule has 5 nitrogen and oxygen atoms in total. The highest BCUT2D eigenvalue weighted by Crippen LogP contribution is 2.03. The van der Waals surface area contributed by atoms with E-state index in [4.69, 9.17) is 9.94 Å². The minimum atomic E-state index is -1.16. The van der Waals surface area contributed by atoms with Gasteiger partial charge in [-0.15, -0.1) is 0 Å². The van der Waals surface area contributed by atoms with Crippen molar-refractivity contribution in [3.63, 3.8) is 0 Å². The Bertz CT molecular complexity index is 318. The highest BCUT2D eigenvalue weighted by molar-refractivity contribution is 5.93. The first-order valence-electron chi connectivity index (χ1n) is 4.23. The van der Waals surface area contributed by atoms with Crippen molar-refractivity contribution in [2.24, 2.45) is 5.92 Å².